The molecule has 0 bridgehead atoms. The molecular formula is C24H26O5. The lowest BCUT2D eigenvalue weighted by molar-refractivity contribution is -0.0339. The molecule has 2 aliphatic carbocycles. The van der Waals surface area contributed by atoms with Gasteiger partial charge < -0.3 is 20.1 Å². The Kier molecular flexibility index (Phi) is 4.85. The molecule has 3 N–H and O–H groups in total. The van der Waals surface area contributed by atoms with Crippen molar-refractivity contribution in [3.63, 3.8) is 0 Å². The number of benzene rings is 2. The maximum atomic E-state index is 13.4. The van der Waals surface area contributed by atoms with E-state index in [2.05, 4.69) is 32.0 Å². The summed E-state index contributed by atoms with van der Waals surface area (Å²) in [5, 5.41) is 28.2. The van der Waals surface area contributed by atoms with Gasteiger partial charge in [0.15, 0.2) is 5.78 Å². The number of aliphatic hydroxyl groups excluding tert-OH is 3. The molecule has 5 nitrogen and oxygen atoms in total. The monoisotopic (exact) mass is 394 g/mol. The van der Waals surface area contributed by atoms with Gasteiger partial charge in [0.2, 0.25) is 0 Å². The fourth-order valence-corrected chi connectivity index (χ4v) is 4.35. The number of allylic oxidation sites excluding steroid dienone is 2. The number of Topliss-reactive ketones (excluding diaryl/α,β-unsaturated/α-hetero) is 1. The van der Waals surface area contributed by atoms with Gasteiger partial charge in [0.25, 0.3) is 0 Å². The highest BCUT2D eigenvalue weighted by molar-refractivity contribution is 6.33. The van der Waals surface area contributed by atoms with Crippen LogP contribution in [0.1, 0.15) is 46.5 Å². The molecule has 0 saturated heterocycles. The number of carbonyl (C=O) groups excluding carboxylic acids is 1. The molecule has 0 spiro atoms. The lowest BCUT2D eigenvalue weighted by Gasteiger charge is -2.34. The Hall–Kier alpha value is -2.47. The van der Waals surface area contributed by atoms with Crippen molar-refractivity contribution in [2.24, 2.45) is 0 Å². The Labute approximate surface area is 170 Å². The summed E-state index contributed by atoms with van der Waals surface area (Å²) in [6, 6.07) is 11.6. The number of fused-ring (bicyclic) bond motifs is 3. The predicted molar refractivity (Wildman–Crippen MR) is 110 cm³/mol. The van der Waals surface area contributed by atoms with Crippen molar-refractivity contribution < 1.29 is 24.9 Å². The zero-order valence-electron chi connectivity index (χ0n) is 16.9. The fourth-order valence-electron chi connectivity index (χ4n) is 4.35. The normalized spacial score (nSPS) is 18.8. The number of carbonyl (C=O) groups is 1. The van der Waals surface area contributed by atoms with Crippen LogP contribution in [0.5, 0.6) is 5.75 Å². The Morgan fingerprint density at radius 2 is 1.83 bits per heavy atom. The third kappa shape index (κ3) is 3.19. The van der Waals surface area contributed by atoms with Crippen LogP contribution in [0, 0.1) is 6.92 Å². The first-order valence-corrected chi connectivity index (χ1v) is 9.86. The quantitative estimate of drug-likeness (QED) is 0.726. The van der Waals surface area contributed by atoms with Gasteiger partial charge in [-0.15, -0.1) is 0 Å². The topological polar surface area (TPSA) is 87.0 Å². The van der Waals surface area contributed by atoms with Crippen LogP contribution in [0.15, 0.2) is 42.0 Å². The van der Waals surface area contributed by atoms with Gasteiger partial charge in [-0.25, -0.2) is 0 Å². The summed E-state index contributed by atoms with van der Waals surface area (Å²) in [7, 11) is 0. The van der Waals surface area contributed by atoms with Crippen molar-refractivity contribution in [1.82, 2.24) is 0 Å². The van der Waals surface area contributed by atoms with E-state index < -0.39 is 18.8 Å². The maximum absolute atomic E-state index is 13.4. The Bertz CT molecular complexity index is 1020. The fraction of sp³-hybridized carbons (Fsp3) is 0.375. The Balaban J connectivity index is 1.69. The van der Waals surface area contributed by atoms with Gasteiger partial charge in [-0.1, -0.05) is 37.6 Å². The molecule has 0 heterocycles. The molecule has 4 rings (SSSR count). The van der Waals surface area contributed by atoms with Crippen LogP contribution in [0.25, 0.3) is 5.57 Å². The van der Waals surface area contributed by atoms with E-state index in [9.17, 15) is 15.0 Å². The summed E-state index contributed by atoms with van der Waals surface area (Å²) in [4.78, 5) is 13.4. The molecule has 0 saturated carbocycles. The van der Waals surface area contributed by atoms with Crippen molar-refractivity contribution in [2.75, 3.05) is 13.2 Å². The maximum Gasteiger partial charge on any atom is 0.193 e. The average molecular weight is 394 g/mol. The van der Waals surface area contributed by atoms with Gasteiger partial charge in [0, 0.05) is 16.6 Å². The summed E-state index contributed by atoms with van der Waals surface area (Å²) >= 11 is 0. The molecule has 0 radical (unpaired) electrons. The zero-order chi connectivity index (χ0) is 20.9. The minimum absolute atomic E-state index is 0.0426. The van der Waals surface area contributed by atoms with Gasteiger partial charge in [-0.3, -0.25) is 4.79 Å². The van der Waals surface area contributed by atoms with Crippen LogP contribution in [0.4, 0.5) is 0 Å². The summed E-state index contributed by atoms with van der Waals surface area (Å²) in [5.41, 5.74) is 6.57. The number of rotatable bonds is 5. The van der Waals surface area contributed by atoms with E-state index >= 15 is 0 Å². The van der Waals surface area contributed by atoms with Crippen molar-refractivity contribution in [3.05, 3.63) is 69.8 Å². The van der Waals surface area contributed by atoms with E-state index in [-0.39, 0.29) is 17.8 Å². The standard InChI is InChI=1S/C24H26O5/c1-13-4-5-14-9-19-22(17(14)8-13)23(28)16-7-6-15(10-18(16)24(19,2)3)29-12-21(27)20(26)11-25/h4-8,10,20-21,25-27H,9,11-12H2,1-3H3/t20-,21-/m1/s1. The smallest absolute Gasteiger partial charge is 0.193 e. The number of aliphatic hydroxyl groups is 3. The second-order valence-corrected chi connectivity index (χ2v) is 8.48. The van der Waals surface area contributed by atoms with E-state index in [0.29, 0.717) is 11.3 Å². The van der Waals surface area contributed by atoms with E-state index in [4.69, 9.17) is 9.84 Å². The van der Waals surface area contributed by atoms with E-state index in [1.165, 1.54) is 5.56 Å². The molecule has 2 aromatic rings. The predicted octanol–water partition coefficient (Wildman–Crippen LogP) is 2.57. The van der Waals surface area contributed by atoms with Crippen LogP contribution in [-0.4, -0.2) is 46.5 Å². The van der Waals surface area contributed by atoms with Crippen LogP contribution in [0.3, 0.4) is 0 Å². The highest BCUT2D eigenvalue weighted by Gasteiger charge is 2.42. The highest BCUT2D eigenvalue weighted by atomic mass is 16.5. The second kappa shape index (κ2) is 7.10. The first-order valence-electron chi connectivity index (χ1n) is 9.86. The summed E-state index contributed by atoms with van der Waals surface area (Å²) in [6.07, 6.45) is -1.68. The molecule has 2 atom stereocenters. The number of ether oxygens (including phenoxy) is 1. The first kappa shape index (κ1) is 19.8. The van der Waals surface area contributed by atoms with Gasteiger partial charge >= 0.3 is 0 Å². The van der Waals surface area contributed by atoms with Gasteiger partial charge in [0.1, 0.15) is 24.6 Å². The Morgan fingerprint density at radius 1 is 1.07 bits per heavy atom. The minimum atomic E-state index is -1.25. The highest BCUT2D eigenvalue weighted by Crippen LogP contribution is 2.50. The SMILES string of the molecule is Cc1ccc2c(c1)C1=C(C2)C(C)(C)c2cc(OC[C@@H](O)[C@H](O)CO)ccc2C1=O. The van der Waals surface area contributed by atoms with Crippen molar-refractivity contribution in [3.8, 4) is 5.75 Å². The van der Waals surface area contributed by atoms with E-state index in [1.807, 2.05) is 13.0 Å². The second-order valence-electron chi connectivity index (χ2n) is 8.48. The molecular weight excluding hydrogens is 368 g/mol. The zero-order valence-corrected chi connectivity index (χ0v) is 16.9. The van der Waals surface area contributed by atoms with Crippen LogP contribution in [0.2, 0.25) is 0 Å². The molecule has 5 heteroatoms. The van der Waals surface area contributed by atoms with Crippen LogP contribution in [-0.2, 0) is 11.8 Å². The summed E-state index contributed by atoms with van der Waals surface area (Å²) < 4.78 is 5.63. The van der Waals surface area contributed by atoms with Gasteiger partial charge in [0.05, 0.1) is 6.61 Å². The molecule has 0 fully saturated rings. The summed E-state index contributed by atoms with van der Waals surface area (Å²) in [5.74, 6) is 0.560. The van der Waals surface area contributed by atoms with Crippen molar-refractivity contribution >= 4 is 11.4 Å². The Morgan fingerprint density at radius 3 is 2.55 bits per heavy atom. The molecule has 0 aromatic heterocycles. The van der Waals surface area contributed by atoms with Gasteiger partial charge in [-0.05, 0) is 53.8 Å². The lowest BCUT2D eigenvalue weighted by atomic mass is 9.68. The minimum Gasteiger partial charge on any atom is -0.491 e. The third-order valence-corrected chi connectivity index (χ3v) is 6.15. The first-order chi connectivity index (χ1) is 13.7. The van der Waals surface area contributed by atoms with Crippen LogP contribution < -0.4 is 4.74 Å². The molecule has 0 amide bonds. The third-order valence-electron chi connectivity index (χ3n) is 6.15. The number of hydrogen-bond acceptors (Lipinski definition) is 5. The average Bonchev–Trinajstić information content (AvgIpc) is 3.09. The largest absolute Gasteiger partial charge is 0.491 e. The number of hydrogen-bond donors (Lipinski definition) is 3. The van der Waals surface area contributed by atoms with Crippen molar-refractivity contribution in [1.29, 1.82) is 0 Å². The molecule has 0 aliphatic heterocycles. The summed E-state index contributed by atoms with van der Waals surface area (Å²) in [6.45, 7) is 5.61. The van der Waals surface area contributed by atoms with Crippen molar-refractivity contribution in [2.45, 2.75) is 44.8 Å². The van der Waals surface area contributed by atoms with Gasteiger partial charge in [-0.2, -0.15) is 0 Å². The lowest BCUT2D eigenvalue weighted by Crippen LogP contribution is -2.34. The molecule has 152 valence electrons. The number of ketones is 1. The number of aryl methyl sites for hydroxylation is 1. The molecule has 2 aliphatic rings. The van der Waals surface area contributed by atoms with E-state index in [1.54, 1.807) is 12.1 Å². The van der Waals surface area contributed by atoms with E-state index in [0.717, 1.165) is 34.3 Å². The molecule has 0 unspecified atom stereocenters. The molecule has 29 heavy (non-hydrogen) atoms. The van der Waals surface area contributed by atoms with Crippen LogP contribution >= 0.6 is 0 Å². The molecule has 2 aromatic carbocycles.